The second-order valence-electron chi connectivity index (χ2n) is 5.87. The van der Waals surface area contributed by atoms with Gasteiger partial charge < -0.3 is 15.5 Å². The van der Waals surface area contributed by atoms with Crippen LogP contribution in [0.3, 0.4) is 0 Å². The zero-order chi connectivity index (χ0) is 13.9. The summed E-state index contributed by atoms with van der Waals surface area (Å²) in [7, 11) is 1.81. The fourth-order valence-electron chi connectivity index (χ4n) is 3.12. The summed E-state index contributed by atoms with van der Waals surface area (Å²) in [5, 5.41) is 6.48. The number of amides is 2. The number of carbonyl (C=O) groups excluding carboxylic acids is 2. The molecule has 0 aromatic heterocycles. The average Bonchev–Trinajstić information content (AvgIpc) is 2.43. The van der Waals surface area contributed by atoms with E-state index in [2.05, 4.69) is 17.6 Å². The molecule has 0 saturated carbocycles. The minimum Gasteiger partial charge on any atom is -0.351 e. The first-order chi connectivity index (χ1) is 9.07. The molecule has 2 aliphatic heterocycles. The van der Waals surface area contributed by atoms with Crippen LogP contribution in [0.25, 0.3) is 0 Å². The van der Waals surface area contributed by atoms with Gasteiger partial charge in [-0.2, -0.15) is 0 Å². The minimum absolute atomic E-state index is 0.119. The van der Waals surface area contributed by atoms with E-state index in [-0.39, 0.29) is 23.3 Å². The number of likely N-dealkylation sites (tertiary alicyclic amines) is 1. The van der Waals surface area contributed by atoms with E-state index in [1.54, 1.807) is 11.9 Å². The van der Waals surface area contributed by atoms with Crippen LogP contribution in [0.4, 0.5) is 0 Å². The monoisotopic (exact) mass is 267 g/mol. The van der Waals surface area contributed by atoms with Crippen molar-refractivity contribution in [2.24, 2.45) is 5.41 Å². The first-order valence-electron chi connectivity index (χ1n) is 7.33. The molecule has 0 bridgehead atoms. The summed E-state index contributed by atoms with van der Waals surface area (Å²) in [5.74, 6) is 0.363. The largest absolute Gasteiger partial charge is 0.351 e. The van der Waals surface area contributed by atoms with E-state index < -0.39 is 0 Å². The van der Waals surface area contributed by atoms with Crippen molar-refractivity contribution in [3.8, 4) is 0 Å². The maximum absolute atomic E-state index is 12.6. The smallest absolute Gasteiger partial charge is 0.226 e. The molecule has 2 saturated heterocycles. The second kappa shape index (κ2) is 5.90. The molecule has 108 valence electrons. The summed E-state index contributed by atoms with van der Waals surface area (Å²) in [6, 6.07) is 0.119. The lowest BCUT2D eigenvalue weighted by atomic mass is 9.75. The highest BCUT2D eigenvalue weighted by atomic mass is 16.2. The number of carbonyl (C=O) groups is 2. The van der Waals surface area contributed by atoms with Crippen molar-refractivity contribution in [1.82, 2.24) is 15.5 Å². The van der Waals surface area contributed by atoms with E-state index >= 15 is 0 Å². The van der Waals surface area contributed by atoms with Gasteiger partial charge in [0, 0.05) is 26.1 Å². The van der Waals surface area contributed by atoms with Gasteiger partial charge in [0.2, 0.25) is 11.8 Å². The molecule has 0 aromatic carbocycles. The standard InChI is InChI=1S/C14H25N3O2/c1-3-14(6-8-15-9-7-14)13(19)16-11-4-5-12(18)17(2)10-11/h11,15H,3-10H2,1-2H3,(H,16,19). The van der Waals surface area contributed by atoms with Gasteiger partial charge in [0.05, 0.1) is 5.41 Å². The molecule has 2 fully saturated rings. The van der Waals surface area contributed by atoms with Gasteiger partial charge in [0.25, 0.3) is 0 Å². The number of piperidine rings is 2. The van der Waals surface area contributed by atoms with Crippen LogP contribution in [0.15, 0.2) is 0 Å². The van der Waals surface area contributed by atoms with Crippen molar-refractivity contribution < 1.29 is 9.59 Å². The van der Waals surface area contributed by atoms with Gasteiger partial charge >= 0.3 is 0 Å². The summed E-state index contributed by atoms with van der Waals surface area (Å²) in [4.78, 5) is 25.7. The molecule has 2 amide bonds. The van der Waals surface area contributed by atoms with Crippen molar-refractivity contribution >= 4 is 11.8 Å². The molecule has 0 aromatic rings. The second-order valence-corrected chi connectivity index (χ2v) is 5.87. The van der Waals surface area contributed by atoms with Gasteiger partial charge in [0.1, 0.15) is 0 Å². The molecule has 19 heavy (non-hydrogen) atoms. The van der Waals surface area contributed by atoms with Gasteiger partial charge in [-0.05, 0) is 38.8 Å². The summed E-state index contributed by atoms with van der Waals surface area (Å²) in [6.45, 7) is 4.58. The number of likely N-dealkylation sites (N-methyl/N-ethyl adjacent to an activating group) is 1. The normalized spacial score (nSPS) is 27.2. The Balaban J connectivity index is 1.94. The quantitative estimate of drug-likeness (QED) is 0.783. The molecule has 2 rings (SSSR count). The lowest BCUT2D eigenvalue weighted by Crippen LogP contribution is -2.54. The third-order valence-corrected chi connectivity index (χ3v) is 4.68. The summed E-state index contributed by atoms with van der Waals surface area (Å²) in [5.41, 5.74) is -0.203. The topological polar surface area (TPSA) is 61.4 Å². The Morgan fingerprint density at radius 2 is 2.16 bits per heavy atom. The third-order valence-electron chi connectivity index (χ3n) is 4.68. The molecule has 1 unspecified atom stereocenters. The van der Waals surface area contributed by atoms with Crippen molar-refractivity contribution in [3.63, 3.8) is 0 Å². The predicted octanol–water partition coefficient (Wildman–Crippen LogP) is 0.503. The molecule has 2 N–H and O–H groups in total. The molecule has 2 aliphatic rings. The SMILES string of the molecule is CCC1(C(=O)NC2CCC(=O)N(C)C2)CCNCC1. The Kier molecular flexibility index (Phi) is 4.45. The lowest BCUT2D eigenvalue weighted by Gasteiger charge is -2.38. The van der Waals surface area contributed by atoms with Crippen molar-refractivity contribution in [2.75, 3.05) is 26.7 Å². The third kappa shape index (κ3) is 3.08. The highest BCUT2D eigenvalue weighted by molar-refractivity contribution is 5.83. The molecule has 2 heterocycles. The fraction of sp³-hybridized carbons (Fsp3) is 0.857. The highest BCUT2D eigenvalue weighted by Gasteiger charge is 2.39. The number of nitrogens with zero attached hydrogens (tertiary/aromatic N) is 1. The Labute approximate surface area is 115 Å². The van der Waals surface area contributed by atoms with Crippen molar-refractivity contribution in [3.05, 3.63) is 0 Å². The molecular formula is C14H25N3O2. The van der Waals surface area contributed by atoms with E-state index in [1.165, 1.54) is 0 Å². The van der Waals surface area contributed by atoms with Crippen molar-refractivity contribution in [1.29, 1.82) is 0 Å². The summed E-state index contributed by atoms with van der Waals surface area (Å²) in [6.07, 6.45) is 4.03. The van der Waals surface area contributed by atoms with E-state index in [4.69, 9.17) is 0 Å². The Morgan fingerprint density at radius 3 is 2.74 bits per heavy atom. The number of rotatable bonds is 3. The molecule has 5 heteroatoms. The van der Waals surface area contributed by atoms with Crippen LogP contribution >= 0.6 is 0 Å². The van der Waals surface area contributed by atoms with Gasteiger partial charge in [0.15, 0.2) is 0 Å². The highest BCUT2D eigenvalue weighted by Crippen LogP contribution is 2.33. The van der Waals surface area contributed by atoms with E-state index in [0.717, 1.165) is 38.8 Å². The summed E-state index contributed by atoms with van der Waals surface area (Å²) < 4.78 is 0. The minimum atomic E-state index is -0.203. The Hall–Kier alpha value is -1.10. The van der Waals surface area contributed by atoms with E-state index in [0.29, 0.717) is 13.0 Å². The number of hydrogen-bond donors (Lipinski definition) is 2. The van der Waals surface area contributed by atoms with E-state index in [9.17, 15) is 9.59 Å². The van der Waals surface area contributed by atoms with Gasteiger partial charge in [-0.25, -0.2) is 0 Å². The fourth-order valence-corrected chi connectivity index (χ4v) is 3.12. The molecule has 1 atom stereocenters. The lowest BCUT2D eigenvalue weighted by molar-refractivity contribution is -0.137. The van der Waals surface area contributed by atoms with Crippen LogP contribution < -0.4 is 10.6 Å². The first kappa shape index (κ1) is 14.3. The molecule has 0 spiro atoms. The number of hydrogen-bond acceptors (Lipinski definition) is 3. The Morgan fingerprint density at radius 1 is 1.47 bits per heavy atom. The maximum atomic E-state index is 12.6. The van der Waals surface area contributed by atoms with Crippen LogP contribution in [0, 0.1) is 5.41 Å². The maximum Gasteiger partial charge on any atom is 0.226 e. The zero-order valence-electron chi connectivity index (χ0n) is 12.0. The van der Waals surface area contributed by atoms with Crippen LogP contribution in [-0.4, -0.2) is 49.4 Å². The zero-order valence-corrected chi connectivity index (χ0v) is 12.0. The van der Waals surface area contributed by atoms with Crippen LogP contribution in [0.2, 0.25) is 0 Å². The average molecular weight is 267 g/mol. The van der Waals surface area contributed by atoms with Crippen LogP contribution in [0.5, 0.6) is 0 Å². The first-order valence-corrected chi connectivity index (χ1v) is 7.33. The van der Waals surface area contributed by atoms with Gasteiger partial charge in [-0.15, -0.1) is 0 Å². The van der Waals surface area contributed by atoms with Crippen LogP contribution in [0.1, 0.15) is 39.0 Å². The molecule has 0 aliphatic carbocycles. The van der Waals surface area contributed by atoms with Gasteiger partial charge in [-0.3, -0.25) is 9.59 Å². The number of nitrogens with one attached hydrogen (secondary N) is 2. The molecule has 0 radical (unpaired) electrons. The molecule has 5 nitrogen and oxygen atoms in total. The predicted molar refractivity (Wildman–Crippen MR) is 73.6 cm³/mol. The van der Waals surface area contributed by atoms with Crippen molar-refractivity contribution in [2.45, 2.75) is 45.1 Å². The van der Waals surface area contributed by atoms with Crippen LogP contribution in [-0.2, 0) is 9.59 Å². The van der Waals surface area contributed by atoms with Gasteiger partial charge in [-0.1, -0.05) is 6.92 Å². The van der Waals surface area contributed by atoms with E-state index in [1.807, 2.05) is 0 Å². The molecular weight excluding hydrogens is 242 g/mol. The Bertz CT molecular complexity index is 351. The summed E-state index contributed by atoms with van der Waals surface area (Å²) >= 11 is 0.